The van der Waals surface area contributed by atoms with E-state index in [1.54, 1.807) is 21.3 Å². The average molecular weight is 696 g/mol. The van der Waals surface area contributed by atoms with Crippen LogP contribution in [0.4, 0.5) is 0 Å². The van der Waals surface area contributed by atoms with Gasteiger partial charge in [-0.3, -0.25) is 9.69 Å². The summed E-state index contributed by atoms with van der Waals surface area (Å²) < 4.78 is 31.3. The SMILES string of the molecule is COc1ccc2cc1Oc1ccc(cc1)CC1c3cc(c(OC)cc3CCN1C)Oc1c(O)c(OC)cc3c1C(C2)[N+](C)(CCCC(=O)O)CC3. The minimum atomic E-state index is -0.816. The lowest BCUT2D eigenvalue weighted by Crippen LogP contribution is -2.52. The highest BCUT2D eigenvalue weighted by Gasteiger charge is 2.43. The molecule has 0 saturated carbocycles. The zero-order chi connectivity index (χ0) is 35.9. The molecule has 8 rings (SSSR count). The molecule has 6 bridgehead atoms. The number of methoxy groups -OCH3 is 3. The summed E-state index contributed by atoms with van der Waals surface area (Å²) in [5.74, 6) is 2.81. The van der Waals surface area contributed by atoms with E-state index in [0.717, 1.165) is 48.2 Å². The highest BCUT2D eigenvalue weighted by Crippen LogP contribution is 2.53. The molecule has 268 valence electrons. The van der Waals surface area contributed by atoms with Crippen LogP contribution in [0.5, 0.6) is 46.0 Å². The van der Waals surface area contributed by atoms with Gasteiger partial charge in [0.25, 0.3) is 0 Å². The number of fused-ring (bicyclic) bond motifs is 2. The molecule has 0 aliphatic carbocycles. The third kappa shape index (κ3) is 6.66. The molecule has 4 aromatic carbocycles. The molecule has 0 radical (unpaired) electrons. The first-order valence-electron chi connectivity index (χ1n) is 17.6. The van der Waals surface area contributed by atoms with E-state index in [1.807, 2.05) is 36.4 Å². The fourth-order valence-electron chi connectivity index (χ4n) is 8.19. The molecule has 10 heteroatoms. The second kappa shape index (κ2) is 14.0. The predicted molar refractivity (Wildman–Crippen MR) is 193 cm³/mol. The Labute approximate surface area is 299 Å². The number of rotatable bonds is 7. The molecule has 0 aromatic heterocycles. The van der Waals surface area contributed by atoms with Crippen molar-refractivity contribution in [3.05, 3.63) is 94.0 Å². The van der Waals surface area contributed by atoms with E-state index >= 15 is 0 Å². The second-order valence-electron chi connectivity index (χ2n) is 14.2. The Morgan fingerprint density at radius 2 is 1.57 bits per heavy atom. The maximum Gasteiger partial charge on any atom is 0.303 e. The van der Waals surface area contributed by atoms with E-state index < -0.39 is 5.97 Å². The summed E-state index contributed by atoms with van der Waals surface area (Å²) >= 11 is 0. The van der Waals surface area contributed by atoms with Crippen molar-refractivity contribution in [3.8, 4) is 46.0 Å². The number of ether oxygens (including phenoxy) is 5. The van der Waals surface area contributed by atoms with Crippen molar-refractivity contribution in [2.24, 2.45) is 0 Å². The van der Waals surface area contributed by atoms with Crippen molar-refractivity contribution in [2.45, 2.75) is 50.6 Å². The van der Waals surface area contributed by atoms with E-state index in [4.69, 9.17) is 23.7 Å². The maximum atomic E-state index is 11.9. The van der Waals surface area contributed by atoms with Gasteiger partial charge in [-0.1, -0.05) is 18.2 Å². The zero-order valence-electron chi connectivity index (χ0n) is 30.0. The van der Waals surface area contributed by atoms with Crippen molar-refractivity contribution in [2.75, 3.05) is 55.1 Å². The number of carbonyl (C=O) groups is 1. The van der Waals surface area contributed by atoms with E-state index in [2.05, 4.69) is 43.3 Å². The minimum absolute atomic E-state index is 0.0753. The molecule has 4 aromatic rings. The maximum absolute atomic E-state index is 11.9. The molecule has 3 atom stereocenters. The molecular weight excluding hydrogens is 648 g/mol. The quantitative estimate of drug-likeness (QED) is 0.194. The van der Waals surface area contributed by atoms with Gasteiger partial charge in [-0.25, -0.2) is 0 Å². The van der Waals surface area contributed by atoms with Gasteiger partial charge >= 0.3 is 5.97 Å². The molecule has 0 fully saturated rings. The van der Waals surface area contributed by atoms with E-state index in [1.165, 1.54) is 11.1 Å². The number of hydrogen-bond donors (Lipinski definition) is 2. The van der Waals surface area contributed by atoms with Crippen LogP contribution < -0.4 is 23.7 Å². The lowest BCUT2D eigenvalue weighted by Gasteiger charge is -2.46. The Kier molecular flexibility index (Phi) is 9.48. The van der Waals surface area contributed by atoms with E-state index in [9.17, 15) is 15.0 Å². The second-order valence-corrected chi connectivity index (χ2v) is 14.2. The minimum Gasteiger partial charge on any atom is -0.502 e. The van der Waals surface area contributed by atoms with Gasteiger partial charge in [-0.05, 0) is 90.2 Å². The first kappa shape index (κ1) is 34.5. The highest BCUT2D eigenvalue weighted by atomic mass is 16.5. The summed E-state index contributed by atoms with van der Waals surface area (Å²) in [4.78, 5) is 14.0. The Bertz CT molecular complexity index is 1940. The number of benzene rings is 4. The Morgan fingerprint density at radius 3 is 2.29 bits per heavy atom. The lowest BCUT2D eigenvalue weighted by molar-refractivity contribution is -0.941. The molecule has 51 heavy (non-hydrogen) atoms. The van der Waals surface area contributed by atoms with E-state index in [0.29, 0.717) is 70.5 Å². The Balaban J connectivity index is 1.46. The molecule has 4 aliphatic rings. The molecule has 0 spiro atoms. The van der Waals surface area contributed by atoms with Crippen LogP contribution >= 0.6 is 0 Å². The molecule has 2 N–H and O–H groups in total. The number of aliphatic carboxylic acids is 1. The van der Waals surface area contributed by atoms with Crippen molar-refractivity contribution in [1.82, 2.24) is 4.90 Å². The van der Waals surface area contributed by atoms with Gasteiger partial charge in [0.2, 0.25) is 5.75 Å². The third-order valence-electron chi connectivity index (χ3n) is 11.1. The van der Waals surface area contributed by atoms with Crippen LogP contribution in [0, 0.1) is 0 Å². The fourth-order valence-corrected chi connectivity index (χ4v) is 8.19. The number of hydrogen-bond acceptors (Lipinski definition) is 8. The van der Waals surface area contributed by atoms with Crippen LogP contribution in [0.15, 0.2) is 60.7 Å². The first-order valence-corrected chi connectivity index (χ1v) is 17.6. The van der Waals surface area contributed by atoms with Gasteiger partial charge in [-0.2, -0.15) is 0 Å². The van der Waals surface area contributed by atoms with Crippen LogP contribution in [0.1, 0.15) is 58.3 Å². The van der Waals surface area contributed by atoms with Crippen molar-refractivity contribution in [1.29, 1.82) is 0 Å². The summed E-state index contributed by atoms with van der Waals surface area (Å²) in [5, 5.41) is 21.5. The average Bonchev–Trinajstić information content (AvgIpc) is 3.12. The van der Waals surface area contributed by atoms with Crippen LogP contribution in [0.3, 0.4) is 0 Å². The monoisotopic (exact) mass is 695 g/mol. The Hall–Kier alpha value is -4.93. The third-order valence-corrected chi connectivity index (χ3v) is 11.1. The van der Waals surface area contributed by atoms with Gasteiger partial charge in [0.15, 0.2) is 34.5 Å². The standard InChI is InChI=1S/C41H46N2O8/c1-42-16-14-27-22-34(48-4)36-24-30(27)31(42)19-25-8-11-29(12-9-25)50-35-21-26(10-13-33(35)47-3)20-32-39-28(23-37(49-5)40(46)41(39)51-36)15-18-43(32,2)17-6-7-38(44)45/h8-13,21-24,31-32H,6-7,14-20H2,1-5H3,(H-,44,45,46)/p+1. The van der Waals surface area contributed by atoms with Gasteiger partial charge in [0.05, 0.1) is 53.5 Å². The molecule has 4 aliphatic heterocycles. The Morgan fingerprint density at radius 1 is 0.863 bits per heavy atom. The number of likely N-dealkylation sites (N-methyl/N-ethyl adjacent to an activating group) is 2. The number of aromatic hydroxyl groups is 1. The van der Waals surface area contributed by atoms with Crippen LogP contribution in [0.2, 0.25) is 0 Å². The number of carboxylic acids is 1. The summed E-state index contributed by atoms with van der Waals surface area (Å²) in [6, 6.07) is 20.2. The summed E-state index contributed by atoms with van der Waals surface area (Å²) in [7, 11) is 9.15. The van der Waals surface area contributed by atoms with Gasteiger partial charge in [-0.15, -0.1) is 0 Å². The number of carboxylic acid groups (broad SMARTS) is 1. The number of phenolic OH excluding ortho intramolecular Hbond substituents is 1. The van der Waals surface area contributed by atoms with Crippen LogP contribution in [-0.4, -0.2) is 80.6 Å². The number of phenols is 1. The smallest absolute Gasteiger partial charge is 0.303 e. The van der Waals surface area contributed by atoms with Crippen LogP contribution in [-0.2, 0) is 30.5 Å². The molecular formula is C41H47N2O8+. The van der Waals surface area contributed by atoms with Gasteiger partial charge in [0.1, 0.15) is 11.8 Å². The van der Waals surface area contributed by atoms with Crippen molar-refractivity contribution < 1.29 is 43.2 Å². The summed E-state index contributed by atoms with van der Waals surface area (Å²) in [6.45, 7) is 2.31. The number of quaternary nitrogens is 1. The largest absolute Gasteiger partial charge is 0.502 e. The predicted octanol–water partition coefficient (Wildman–Crippen LogP) is 7.24. The molecule has 10 nitrogen and oxygen atoms in total. The van der Waals surface area contributed by atoms with E-state index in [-0.39, 0.29) is 24.3 Å². The first-order chi connectivity index (χ1) is 24.6. The molecule has 0 saturated heterocycles. The normalized spacial score (nSPS) is 21.0. The summed E-state index contributed by atoms with van der Waals surface area (Å²) in [6.07, 6.45) is 3.50. The molecule has 4 heterocycles. The zero-order valence-corrected chi connectivity index (χ0v) is 30.0. The van der Waals surface area contributed by atoms with Gasteiger partial charge < -0.3 is 38.4 Å². The molecule has 3 unspecified atom stereocenters. The fraction of sp³-hybridized carbons (Fsp3) is 0.390. The van der Waals surface area contributed by atoms with Crippen molar-refractivity contribution in [3.63, 3.8) is 0 Å². The van der Waals surface area contributed by atoms with Crippen molar-refractivity contribution >= 4 is 5.97 Å². The summed E-state index contributed by atoms with van der Waals surface area (Å²) in [5.41, 5.74) is 6.44. The highest BCUT2D eigenvalue weighted by molar-refractivity contribution is 5.66. The van der Waals surface area contributed by atoms with Gasteiger partial charge in [0, 0.05) is 31.8 Å². The van der Waals surface area contributed by atoms with Crippen LogP contribution in [0.25, 0.3) is 0 Å². The topological polar surface area (TPSA) is 107 Å². The lowest BCUT2D eigenvalue weighted by atomic mass is 9.85. The number of nitrogens with zero attached hydrogens (tertiary/aromatic N) is 2. The molecule has 0 amide bonds.